The summed E-state index contributed by atoms with van der Waals surface area (Å²) in [5.74, 6) is -0.648. The standard InChI is InChI=1S/C16H25N5O4S.2ClH/c1-12(2)15(17)16(23)19-11-14(22)20-6-8-21(9-7-20)26(24,25)13-4-3-5-18-10-13;;/h3-5,10,12,15H,6-9,11,17H2,1-2H3,(H,19,23);2*1H/t15-;;/m0../s1. The van der Waals surface area contributed by atoms with Gasteiger partial charge in [0.15, 0.2) is 0 Å². The average molecular weight is 456 g/mol. The van der Waals surface area contributed by atoms with Gasteiger partial charge in [-0.3, -0.25) is 14.6 Å². The van der Waals surface area contributed by atoms with E-state index in [1.165, 1.54) is 27.7 Å². The Labute approximate surface area is 177 Å². The fourth-order valence-electron chi connectivity index (χ4n) is 2.52. The van der Waals surface area contributed by atoms with E-state index in [1.807, 2.05) is 13.8 Å². The molecule has 12 heteroatoms. The number of piperazine rings is 1. The number of carbonyl (C=O) groups is 2. The summed E-state index contributed by atoms with van der Waals surface area (Å²) < 4.78 is 26.4. The molecule has 0 aliphatic carbocycles. The molecular formula is C16H27Cl2N5O4S. The summed E-state index contributed by atoms with van der Waals surface area (Å²) >= 11 is 0. The van der Waals surface area contributed by atoms with Crippen molar-refractivity contribution in [3.05, 3.63) is 24.5 Å². The van der Waals surface area contributed by atoms with Crippen molar-refractivity contribution in [3.8, 4) is 0 Å². The minimum atomic E-state index is -3.61. The third-order valence-electron chi connectivity index (χ3n) is 4.30. The van der Waals surface area contributed by atoms with Gasteiger partial charge in [0, 0.05) is 38.6 Å². The van der Waals surface area contributed by atoms with Crippen molar-refractivity contribution in [2.75, 3.05) is 32.7 Å². The zero-order chi connectivity index (χ0) is 19.3. The predicted octanol–water partition coefficient (Wildman–Crippen LogP) is -0.142. The number of sulfonamides is 1. The highest BCUT2D eigenvalue weighted by Crippen LogP contribution is 2.16. The second-order valence-corrected chi connectivity index (χ2v) is 8.40. The van der Waals surface area contributed by atoms with E-state index in [1.54, 1.807) is 6.07 Å². The minimum Gasteiger partial charge on any atom is -0.346 e. The van der Waals surface area contributed by atoms with Gasteiger partial charge in [-0.05, 0) is 18.1 Å². The summed E-state index contributed by atoms with van der Waals surface area (Å²) in [6.45, 7) is 4.44. The van der Waals surface area contributed by atoms with Gasteiger partial charge in [-0.1, -0.05) is 13.8 Å². The van der Waals surface area contributed by atoms with Gasteiger partial charge in [-0.25, -0.2) is 8.42 Å². The number of nitrogens with zero attached hydrogens (tertiary/aromatic N) is 3. The molecule has 2 heterocycles. The third-order valence-corrected chi connectivity index (χ3v) is 6.18. The van der Waals surface area contributed by atoms with Crippen LogP contribution in [-0.2, 0) is 19.6 Å². The summed E-state index contributed by atoms with van der Waals surface area (Å²) in [7, 11) is -3.61. The largest absolute Gasteiger partial charge is 0.346 e. The number of pyridine rings is 1. The molecule has 2 rings (SSSR count). The molecule has 3 N–H and O–H groups in total. The van der Waals surface area contributed by atoms with Gasteiger partial charge in [0.05, 0.1) is 12.6 Å². The lowest BCUT2D eigenvalue weighted by Gasteiger charge is -2.34. The van der Waals surface area contributed by atoms with E-state index < -0.39 is 16.1 Å². The zero-order valence-corrected chi connectivity index (χ0v) is 18.2. The van der Waals surface area contributed by atoms with Gasteiger partial charge in [0.25, 0.3) is 0 Å². The molecule has 28 heavy (non-hydrogen) atoms. The molecule has 0 saturated carbocycles. The number of nitrogens with one attached hydrogen (secondary N) is 1. The Morgan fingerprint density at radius 1 is 1.21 bits per heavy atom. The lowest BCUT2D eigenvalue weighted by Crippen LogP contribution is -2.53. The molecule has 1 aromatic heterocycles. The molecule has 9 nitrogen and oxygen atoms in total. The normalized spacial score (nSPS) is 15.9. The number of halogens is 2. The van der Waals surface area contributed by atoms with Crippen molar-refractivity contribution < 1.29 is 18.0 Å². The van der Waals surface area contributed by atoms with Crippen LogP contribution in [0.25, 0.3) is 0 Å². The SMILES string of the molecule is CC(C)[C@H](N)C(=O)NCC(=O)N1CCN(S(=O)(=O)c2cccnc2)CC1.Cl.Cl. The maximum absolute atomic E-state index is 12.5. The summed E-state index contributed by atoms with van der Waals surface area (Å²) in [6.07, 6.45) is 2.81. The molecule has 160 valence electrons. The maximum atomic E-state index is 12.5. The topological polar surface area (TPSA) is 126 Å². The molecule has 1 aliphatic rings. The number of hydrogen-bond donors (Lipinski definition) is 2. The number of hydrogen-bond acceptors (Lipinski definition) is 6. The van der Waals surface area contributed by atoms with E-state index in [-0.39, 0.29) is 80.2 Å². The molecule has 0 bridgehead atoms. The molecule has 1 aromatic rings. The summed E-state index contributed by atoms with van der Waals surface area (Å²) in [4.78, 5) is 29.5. The highest BCUT2D eigenvalue weighted by molar-refractivity contribution is 7.89. The van der Waals surface area contributed by atoms with Crippen molar-refractivity contribution in [2.24, 2.45) is 11.7 Å². The Balaban J connectivity index is 0.00000364. The average Bonchev–Trinajstić information content (AvgIpc) is 2.65. The van der Waals surface area contributed by atoms with Crippen molar-refractivity contribution in [1.82, 2.24) is 19.5 Å². The first-order valence-electron chi connectivity index (χ1n) is 8.44. The number of carbonyl (C=O) groups excluding carboxylic acids is 2. The lowest BCUT2D eigenvalue weighted by atomic mass is 10.1. The van der Waals surface area contributed by atoms with Crippen LogP contribution in [0.5, 0.6) is 0 Å². The molecule has 0 spiro atoms. The second-order valence-electron chi connectivity index (χ2n) is 6.46. The van der Waals surface area contributed by atoms with Crippen LogP contribution in [0.4, 0.5) is 0 Å². The van der Waals surface area contributed by atoms with Crippen LogP contribution < -0.4 is 11.1 Å². The highest BCUT2D eigenvalue weighted by atomic mass is 35.5. The van der Waals surface area contributed by atoms with Crippen LogP contribution in [0, 0.1) is 5.92 Å². The van der Waals surface area contributed by atoms with Gasteiger partial charge < -0.3 is 16.0 Å². The smallest absolute Gasteiger partial charge is 0.244 e. The van der Waals surface area contributed by atoms with E-state index in [9.17, 15) is 18.0 Å². The highest BCUT2D eigenvalue weighted by Gasteiger charge is 2.30. The molecular weight excluding hydrogens is 429 g/mol. The quantitative estimate of drug-likeness (QED) is 0.614. The molecule has 0 unspecified atom stereocenters. The van der Waals surface area contributed by atoms with Gasteiger partial charge in [0.1, 0.15) is 4.90 Å². The van der Waals surface area contributed by atoms with Crippen LogP contribution in [0.15, 0.2) is 29.4 Å². The van der Waals surface area contributed by atoms with Gasteiger partial charge in [0.2, 0.25) is 21.8 Å². The fourth-order valence-corrected chi connectivity index (χ4v) is 3.91. The van der Waals surface area contributed by atoms with Crippen LogP contribution in [0.3, 0.4) is 0 Å². The van der Waals surface area contributed by atoms with E-state index in [2.05, 4.69) is 10.3 Å². The molecule has 0 aromatic carbocycles. The Hall–Kier alpha value is -1.46. The molecule has 2 amide bonds. The van der Waals surface area contributed by atoms with Crippen molar-refractivity contribution in [2.45, 2.75) is 24.8 Å². The van der Waals surface area contributed by atoms with E-state index in [0.717, 1.165) is 0 Å². The van der Waals surface area contributed by atoms with E-state index >= 15 is 0 Å². The Morgan fingerprint density at radius 2 is 1.82 bits per heavy atom. The van der Waals surface area contributed by atoms with Crippen LogP contribution in [-0.4, -0.2) is 73.2 Å². The maximum Gasteiger partial charge on any atom is 0.244 e. The van der Waals surface area contributed by atoms with Crippen molar-refractivity contribution >= 4 is 46.7 Å². The predicted molar refractivity (Wildman–Crippen MR) is 110 cm³/mol. The number of amides is 2. The lowest BCUT2D eigenvalue weighted by molar-refractivity contribution is -0.134. The number of nitrogens with two attached hydrogens (primary N) is 1. The Morgan fingerprint density at radius 3 is 2.32 bits per heavy atom. The van der Waals surface area contributed by atoms with Crippen molar-refractivity contribution in [3.63, 3.8) is 0 Å². The molecule has 1 atom stereocenters. The van der Waals surface area contributed by atoms with Crippen LogP contribution in [0.1, 0.15) is 13.8 Å². The Kier molecular flexibility index (Phi) is 10.9. The summed E-state index contributed by atoms with van der Waals surface area (Å²) in [5.41, 5.74) is 5.73. The van der Waals surface area contributed by atoms with Gasteiger partial charge in [-0.2, -0.15) is 4.31 Å². The molecule has 0 radical (unpaired) electrons. The van der Waals surface area contributed by atoms with Crippen molar-refractivity contribution in [1.29, 1.82) is 0 Å². The summed E-state index contributed by atoms with van der Waals surface area (Å²) in [6, 6.07) is 2.40. The molecule has 1 aliphatic heterocycles. The monoisotopic (exact) mass is 455 g/mol. The number of aromatic nitrogens is 1. The first-order valence-corrected chi connectivity index (χ1v) is 9.88. The minimum absolute atomic E-state index is 0. The molecule has 1 fully saturated rings. The van der Waals surface area contributed by atoms with Crippen LogP contribution >= 0.6 is 24.8 Å². The van der Waals surface area contributed by atoms with E-state index in [4.69, 9.17) is 5.73 Å². The van der Waals surface area contributed by atoms with Gasteiger partial charge in [-0.15, -0.1) is 24.8 Å². The van der Waals surface area contributed by atoms with E-state index in [0.29, 0.717) is 0 Å². The fraction of sp³-hybridized carbons (Fsp3) is 0.562. The van der Waals surface area contributed by atoms with Gasteiger partial charge >= 0.3 is 0 Å². The summed E-state index contributed by atoms with van der Waals surface area (Å²) in [5, 5.41) is 2.53. The Bertz CT molecular complexity index is 741. The molecule has 1 saturated heterocycles. The number of rotatable bonds is 6. The first-order chi connectivity index (χ1) is 12.2. The first kappa shape index (κ1) is 26.5. The second kappa shape index (κ2) is 11.5. The third kappa shape index (κ3) is 6.56. The zero-order valence-electron chi connectivity index (χ0n) is 15.8. The van der Waals surface area contributed by atoms with Crippen LogP contribution in [0.2, 0.25) is 0 Å².